The summed E-state index contributed by atoms with van der Waals surface area (Å²) in [5.41, 5.74) is 5.98. The predicted molar refractivity (Wildman–Crippen MR) is 95.1 cm³/mol. The molecule has 2 rings (SSSR count). The zero-order valence-corrected chi connectivity index (χ0v) is 16.0. The molecule has 1 heterocycles. The molecule has 0 spiro atoms. The first-order valence-corrected chi connectivity index (χ1v) is 8.65. The molecular weight excluding hydrogens is 414 g/mol. The van der Waals surface area contributed by atoms with E-state index >= 15 is 0 Å². The molecule has 1 atom stereocenters. The fourth-order valence-corrected chi connectivity index (χ4v) is 2.62. The fourth-order valence-electron chi connectivity index (χ4n) is 1.97. The lowest BCUT2D eigenvalue weighted by Crippen LogP contribution is -2.47. The summed E-state index contributed by atoms with van der Waals surface area (Å²) in [4.78, 5) is 23.8. The Balaban J connectivity index is 1.76. The minimum Gasteiger partial charge on any atom is -0.481 e. The van der Waals surface area contributed by atoms with Crippen molar-refractivity contribution in [1.82, 2.24) is 16.0 Å². The number of carbonyl (C=O) groups is 2. The number of aromatic nitrogens is 1. The molecule has 0 aliphatic heterocycles. The molecule has 0 aliphatic carbocycles. The van der Waals surface area contributed by atoms with Gasteiger partial charge in [0.15, 0.2) is 6.10 Å². The van der Waals surface area contributed by atoms with Gasteiger partial charge in [0, 0.05) is 16.5 Å². The molecule has 9 heteroatoms. The van der Waals surface area contributed by atoms with Gasteiger partial charge < -0.3 is 9.26 Å². The summed E-state index contributed by atoms with van der Waals surface area (Å²) < 4.78 is 11.2. The highest BCUT2D eigenvalue weighted by Crippen LogP contribution is 2.20. The van der Waals surface area contributed by atoms with Crippen molar-refractivity contribution in [3.05, 3.63) is 45.2 Å². The minimum absolute atomic E-state index is 0.128. The molecular formula is C16H17BrClN3O4. The number of benzene rings is 1. The highest BCUT2D eigenvalue weighted by molar-refractivity contribution is 9.10. The first-order chi connectivity index (χ1) is 11.9. The summed E-state index contributed by atoms with van der Waals surface area (Å²) in [6.45, 7) is 3.33. The third-order valence-corrected chi connectivity index (χ3v) is 4.13. The van der Waals surface area contributed by atoms with Crippen LogP contribution in [0.4, 0.5) is 0 Å². The van der Waals surface area contributed by atoms with Crippen LogP contribution < -0.4 is 15.6 Å². The number of ether oxygens (including phenoxy) is 1. The normalized spacial score (nSPS) is 11.7. The molecule has 1 aromatic carbocycles. The SMILES string of the molecule is Cc1noc(Cl)c1CCC(=O)NNC(=O)C(C)Oc1cccc(Br)c1. The summed E-state index contributed by atoms with van der Waals surface area (Å²) in [5.74, 6) is -0.284. The van der Waals surface area contributed by atoms with Crippen molar-refractivity contribution in [1.29, 1.82) is 0 Å². The molecule has 2 aromatic rings. The van der Waals surface area contributed by atoms with Gasteiger partial charge in [0.2, 0.25) is 11.1 Å². The largest absolute Gasteiger partial charge is 0.481 e. The van der Waals surface area contributed by atoms with E-state index < -0.39 is 12.0 Å². The fraction of sp³-hybridized carbons (Fsp3) is 0.312. The second-order valence-electron chi connectivity index (χ2n) is 5.28. The number of carbonyl (C=O) groups excluding carboxylic acids is 2. The van der Waals surface area contributed by atoms with E-state index in [0.29, 0.717) is 23.4 Å². The highest BCUT2D eigenvalue weighted by atomic mass is 79.9. The van der Waals surface area contributed by atoms with Crippen molar-refractivity contribution in [2.75, 3.05) is 0 Å². The van der Waals surface area contributed by atoms with Gasteiger partial charge in [-0.3, -0.25) is 20.4 Å². The van der Waals surface area contributed by atoms with E-state index in [2.05, 4.69) is 31.9 Å². The van der Waals surface area contributed by atoms with Crippen LogP contribution in [-0.2, 0) is 16.0 Å². The van der Waals surface area contributed by atoms with E-state index in [9.17, 15) is 9.59 Å². The summed E-state index contributed by atoms with van der Waals surface area (Å²) in [5, 5.41) is 3.88. The van der Waals surface area contributed by atoms with E-state index in [4.69, 9.17) is 20.9 Å². The Labute approximate surface area is 158 Å². The van der Waals surface area contributed by atoms with E-state index in [1.54, 1.807) is 32.0 Å². The van der Waals surface area contributed by atoms with Crippen LogP contribution >= 0.6 is 27.5 Å². The molecule has 1 aromatic heterocycles. The van der Waals surface area contributed by atoms with Crippen LogP contribution in [0.25, 0.3) is 0 Å². The smallest absolute Gasteiger partial charge is 0.279 e. The average Bonchev–Trinajstić information content (AvgIpc) is 2.89. The van der Waals surface area contributed by atoms with Gasteiger partial charge in [0.1, 0.15) is 5.75 Å². The van der Waals surface area contributed by atoms with Crippen LogP contribution in [0.3, 0.4) is 0 Å². The van der Waals surface area contributed by atoms with E-state index in [1.165, 1.54) is 0 Å². The van der Waals surface area contributed by atoms with Gasteiger partial charge in [-0.1, -0.05) is 27.2 Å². The Bertz CT molecular complexity index is 746. The molecule has 25 heavy (non-hydrogen) atoms. The molecule has 134 valence electrons. The molecule has 2 amide bonds. The number of hydrazine groups is 1. The average molecular weight is 431 g/mol. The molecule has 1 unspecified atom stereocenters. The van der Waals surface area contributed by atoms with Crippen LogP contribution in [-0.4, -0.2) is 23.1 Å². The number of halogens is 2. The monoisotopic (exact) mass is 429 g/mol. The number of hydrogen-bond acceptors (Lipinski definition) is 5. The van der Waals surface area contributed by atoms with Gasteiger partial charge in [0.25, 0.3) is 5.91 Å². The first kappa shape index (κ1) is 19.3. The lowest BCUT2D eigenvalue weighted by Gasteiger charge is -2.15. The molecule has 0 radical (unpaired) electrons. The number of nitrogens with zero attached hydrogens (tertiary/aromatic N) is 1. The van der Waals surface area contributed by atoms with Crippen LogP contribution in [0.1, 0.15) is 24.6 Å². The topological polar surface area (TPSA) is 93.5 Å². The molecule has 7 nitrogen and oxygen atoms in total. The summed E-state index contributed by atoms with van der Waals surface area (Å²) in [6.07, 6.45) is -0.285. The van der Waals surface area contributed by atoms with Crippen LogP contribution in [0.5, 0.6) is 5.75 Å². The third kappa shape index (κ3) is 5.75. The maximum Gasteiger partial charge on any atom is 0.279 e. The number of nitrogens with one attached hydrogen (secondary N) is 2. The second-order valence-corrected chi connectivity index (χ2v) is 6.53. The lowest BCUT2D eigenvalue weighted by atomic mass is 10.1. The molecule has 0 aliphatic rings. The third-order valence-electron chi connectivity index (χ3n) is 3.34. The zero-order chi connectivity index (χ0) is 18.4. The van der Waals surface area contributed by atoms with Crippen molar-refractivity contribution >= 4 is 39.3 Å². The number of aryl methyl sites for hydroxylation is 1. The minimum atomic E-state index is -0.774. The number of amides is 2. The van der Waals surface area contributed by atoms with Gasteiger partial charge in [-0.15, -0.1) is 0 Å². The standard InChI is InChI=1S/C16H17BrClN3O4/c1-9-13(15(18)25-21-9)6-7-14(22)19-20-16(23)10(2)24-12-5-3-4-11(17)8-12/h3-5,8,10H,6-7H2,1-2H3,(H,19,22)(H,20,23). The predicted octanol–water partition coefficient (Wildman–Crippen LogP) is 2.95. The summed E-state index contributed by atoms with van der Waals surface area (Å²) >= 11 is 9.16. The Hall–Kier alpha value is -2.06. The van der Waals surface area contributed by atoms with Crippen molar-refractivity contribution in [3.63, 3.8) is 0 Å². The molecule has 0 fully saturated rings. The molecule has 2 N–H and O–H groups in total. The van der Waals surface area contributed by atoms with Gasteiger partial charge in [-0.2, -0.15) is 0 Å². The van der Waals surface area contributed by atoms with E-state index in [-0.39, 0.29) is 17.5 Å². The number of hydrogen-bond donors (Lipinski definition) is 2. The van der Waals surface area contributed by atoms with Crippen LogP contribution in [0.2, 0.25) is 5.22 Å². The molecule has 0 bridgehead atoms. The second kappa shape index (κ2) is 8.87. The maximum atomic E-state index is 12.0. The first-order valence-electron chi connectivity index (χ1n) is 7.48. The maximum absolute atomic E-state index is 12.0. The van der Waals surface area contributed by atoms with Gasteiger partial charge in [-0.05, 0) is 50.1 Å². The Morgan fingerprint density at radius 1 is 1.40 bits per heavy atom. The Kier molecular flexibility index (Phi) is 6.83. The quantitative estimate of drug-likeness (QED) is 0.687. The van der Waals surface area contributed by atoms with Crippen LogP contribution in [0, 0.1) is 6.92 Å². The van der Waals surface area contributed by atoms with Gasteiger partial charge in [0.05, 0.1) is 5.69 Å². The van der Waals surface area contributed by atoms with Crippen molar-refractivity contribution in [2.24, 2.45) is 0 Å². The van der Waals surface area contributed by atoms with Crippen molar-refractivity contribution in [2.45, 2.75) is 32.8 Å². The molecule has 0 saturated heterocycles. The summed E-state index contributed by atoms with van der Waals surface area (Å²) in [6, 6.07) is 7.12. The van der Waals surface area contributed by atoms with Gasteiger partial charge in [-0.25, -0.2) is 0 Å². The Morgan fingerprint density at radius 3 is 2.80 bits per heavy atom. The Morgan fingerprint density at radius 2 is 2.16 bits per heavy atom. The van der Waals surface area contributed by atoms with Crippen molar-refractivity contribution < 1.29 is 18.8 Å². The van der Waals surface area contributed by atoms with E-state index in [0.717, 1.165) is 4.47 Å². The summed E-state index contributed by atoms with van der Waals surface area (Å²) in [7, 11) is 0. The van der Waals surface area contributed by atoms with Crippen LogP contribution in [0.15, 0.2) is 33.3 Å². The van der Waals surface area contributed by atoms with Gasteiger partial charge >= 0.3 is 0 Å². The number of rotatable bonds is 6. The zero-order valence-electron chi connectivity index (χ0n) is 13.6. The lowest BCUT2D eigenvalue weighted by molar-refractivity contribution is -0.132. The van der Waals surface area contributed by atoms with E-state index in [1.807, 2.05) is 6.07 Å². The van der Waals surface area contributed by atoms with Crippen molar-refractivity contribution in [3.8, 4) is 5.75 Å². The molecule has 0 saturated carbocycles. The highest BCUT2D eigenvalue weighted by Gasteiger charge is 2.16.